The zero-order valence-electron chi connectivity index (χ0n) is 31.3. The van der Waals surface area contributed by atoms with E-state index < -0.39 is 35.3 Å². The van der Waals surface area contributed by atoms with Crippen LogP contribution < -0.4 is 16.1 Å². The van der Waals surface area contributed by atoms with Crippen LogP contribution >= 0.6 is 0 Å². The largest absolute Gasteiger partial charge is 0.382 e. The van der Waals surface area contributed by atoms with Gasteiger partial charge in [0.1, 0.15) is 24.8 Å². The maximum atomic E-state index is 13.7. The van der Waals surface area contributed by atoms with Crippen molar-refractivity contribution >= 4 is 29.6 Å². The number of amides is 4. The van der Waals surface area contributed by atoms with Gasteiger partial charge in [0.05, 0.1) is 32.8 Å². The molecule has 1 aliphatic carbocycles. The van der Waals surface area contributed by atoms with Crippen LogP contribution in [0.2, 0.25) is 0 Å². The number of hydrogen-bond acceptors (Lipinski definition) is 10. The number of methoxy groups -OCH3 is 2. The normalized spacial score (nSPS) is 13.4. The highest BCUT2D eigenvalue weighted by atomic mass is 16.7. The van der Waals surface area contributed by atoms with Crippen molar-refractivity contribution in [3.8, 4) is 0 Å². The molecule has 1 saturated carbocycles. The number of nitrogens with zero attached hydrogens (tertiary/aromatic N) is 1. The fraction of sp³-hybridized carbons (Fsp3) is 0.564. The van der Waals surface area contributed by atoms with Gasteiger partial charge < -0.3 is 39.3 Å². The molecule has 0 aliphatic heterocycles. The average molecular weight is 741 g/mol. The minimum Gasteiger partial charge on any atom is -0.382 e. The predicted octanol–water partition coefficient (Wildman–Crippen LogP) is 2.46. The van der Waals surface area contributed by atoms with Crippen molar-refractivity contribution in [3.63, 3.8) is 0 Å². The van der Waals surface area contributed by atoms with Crippen LogP contribution in [-0.2, 0) is 67.0 Å². The second-order valence-electron chi connectivity index (χ2n) is 13.1. The van der Waals surface area contributed by atoms with Crippen LogP contribution in [0.15, 0.2) is 54.6 Å². The first-order valence-electron chi connectivity index (χ1n) is 18.3. The van der Waals surface area contributed by atoms with Crippen LogP contribution in [0.4, 0.5) is 0 Å². The summed E-state index contributed by atoms with van der Waals surface area (Å²) >= 11 is 0. The summed E-state index contributed by atoms with van der Waals surface area (Å²) in [6.07, 6.45) is 6.12. The van der Waals surface area contributed by atoms with Crippen molar-refractivity contribution in [2.75, 3.05) is 67.5 Å². The van der Waals surface area contributed by atoms with Crippen molar-refractivity contribution in [3.05, 3.63) is 71.3 Å². The van der Waals surface area contributed by atoms with Crippen LogP contribution in [0, 0.1) is 0 Å². The SMILES string of the molecule is COCCOCC(=O)NCCCC[C@H](NC(=O)COCCOC)C(=O)N(C)C1(C(=O)ONC(=O)Cc2ccc(CCCCc3ccccc3)cc2)CC1. The molecule has 1 fully saturated rings. The van der Waals surface area contributed by atoms with Crippen molar-refractivity contribution in [2.24, 2.45) is 0 Å². The molecule has 3 rings (SSSR count). The van der Waals surface area contributed by atoms with E-state index in [-0.39, 0.29) is 38.6 Å². The van der Waals surface area contributed by atoms with Gasteiger partial charge in [-0.3, -0.25) is 19.2 Å². The third-order valence-corrected chi connectivity index (χ3v) is 8.95. The molecule has 14 heteroatoms. The van der Waals surface area contributed by atoms with Gasteiger partial charge in [0, 0.05) is 27.8 Å². The standard InChI is InChI=1S/C39H56N4O10/c1-43(37(47)33(41-36(46)29-52-26-24-50-3)15-9-10-22-40-35(45)28-51-25-23-49-2)39(20-21-39)38(48)53-42-34(44)27-32-18-16-31(17-19-32)14-8-7-13-30-11-5-4-6-12-30/h4-6,11-12,16-19,33H,7-10,13-15,20-29H2,1-3H3,(H,40,45)(H,41,46)(H,42,44)/t33-/m0/s1. The Labute approximate surface area is 312 Å². The second kappa shape index (κ2) is 24.0. The zero-order chi connectivity index (χ0) is 38.3. The van der Waals surface area contributed by atoms with Crippen LogP contribution in [0.1, 0.15) is 61.6 Å². The molecule has 0 bridgehead atoms. The number of ether oxygens (including phenoxy) is 4. The molecule has 292 valence electrons. The molecule has 4 amide bonds. The molecule has 0 aromatic heterocycles. The molecule has 0 radical (unpaired) electrons. The number of carbonyl (C=O) groups excluding carboxylic acids is 5. The number of aryl methyl sites for hydroxylation is 2. The molecule has 0 unspecified atom stereocenters. The molecule has 1 atom stereocenters. The lowest BCUT2D eigenvalue weighted by molar-refractivity contribution is -0.167. The first kappa shape index (κ1) is 43.0. The minimum atomic E-state index is -1.26. The van der Waals surface area contributed by atoms with E-state index in [1.54, 1.807) is 7.11 Å². The quantitative estimate of drug-likeness (QED) is 0.0962. The van der Waals surface area contributed by atoms with Crippen LogP contribution in [0.5, 0.6) is 0 Å². The number of rotatable bonds is 26. The molecule has 0 saturated heterocycles. The highest BCUT2D eigenvalue weighted by Gasteiger charge is 2.57. The monoisotopic (exact) mass is 740 g/mol. The Balaban J connectivity index is 1.45. The Morgan fingerprint density at radius 2 is 1.30 bits per heavy atom. The van der Waals surface area contributed by atoms with Gasteiger partial charge in [-0.05, 0) is 74.5 Å². The summed E-state index contributed by atoms with van der Waals surface area (Å²) in [5.74, 6) is -2.49. The summed E-state index contributed by atoms with van der Waals surface area (Å²) in [7, 11) is 4.55. The molecule has 2 aromatic rings. The van der Waals surface area contributed by atoms with E-state index in [1.165, 1.54) is 30.2 Å². The van der Waals surface area contributed by atoms with Gasteiger partial charge >= 0.3 is 5.97 Å². The molecule has 3 N–H and O–H groups in total. The summed E-state index contributed by atoms with van der Waals surface area (Å²) in [5, 5.41) is 5.47. The van der Waals surface area contributed by atoms with Crippen LogP contribution in [0.25, 0.3) is 0 Å². The lowest BCUT2D eigenvalue weighted by atomic mass is 10.0. The van der Waals surface area contributed by atoms with E-state index in [9.17, 15) is 24.0 Å². The van der Waals surface area contributed by atoms with Gasteiger partial charge in [-0.25, -0.2) is 4.79 Å². The number of hydrogen-bond donors (Lipinski definition) is 3. The fourth-order valence-electron chi connectivity index (χ4n) is 5.65. The van der Waals surface area contributed by atoms with E-state index in [0.717, 1.165) is 31.2 Å². The summed E-state index contributed by atoms with van der Waals surface area (Å²) in [4.78, 5) is 70.7. The third-order valence-electron chi connectivity index (χ3n) is 8.95. The van der Waals surface area contributed by atoms with Crippen LogP contribution in [-0.4, -0.2) is 114 Å². The molecule has 53 heavy (non-hydrogen) atoms. The van der Waals surface area contributed by atoms with E-state index in [1.807, 2.05) is 30.3 Å². The maximum Gasteiger partial charge on any atom is 0.357 e. The molecular weight excluding hydrogens is 684 g/mol. The summed E-state index contributed by atoms with van der Waals surface area (Å²) in [6, 6.07) is 17.3. The van der Waals surface area contributed by atoms with Gasteiger partial charge in [0.25, 0.3) is 5.91 Å². The van der Waals surface area contributed by atoms with Crippen LogP contribution in [0.3, 0.4) is 0 Å². The molecule has 14 nitrogen and oxygen atoms in total. The summed E-state index contributed by atoms with van der Waals surface area (Å²) < 4.78 is 20.3. The molecule has 1 aliphatic rings. The predicted molar refractivity (Wildman–Crippen MR) is 196 cm³/mol. The van der Waals surface area contributed by atoms with Gasteiger partial charge in [0.2, 0.25) is 17.7 Å². The van der Waals surface area contributed by atoms with Gasteiger partial charge in [-0.2, -0.15) is 5.48 Å². The third kappa shape index (κ3) is 16.0. The van der Waals surface area contributed by atoms with Crippen molar-refractivity contribution in [1.82, 2.24) is 21.0 Å². The van der Waals surface area contributed by atoms with Gasteiger partial charge in [-0.15, -0.1) is 0 Å². The zero-order valence-corrected chi connectivity index (χ0v) is 31.3. The minimum absolute atomic E-state index is 0.0190. The first-order valence-corrected chi connectivity index (χ1v) is 18.3. The number of nitrogens with one attached hydrogen (secondary N) is 3. The number of hydroxylamine groups is 1. The number of carbonyl (C=O) groups is 5. The van der Waals surface area contributed by atoms with Gasteiger partial charge in [0.15, 0.2) is 0 Å². The van der Waals surface area contributed by atoms with E-state index >= 15 is 0 Å². The smallest absolute Gasteiger partial charge is 0.357 e. The van der Waals surface area contributed by atoms with Crippen molar-refractivity contribution in [2.45, 2.75) is 75.8 Å². The molecule has 2 aromatic carbocycles. The maximum absolute atomic E-state index is 13.7. The highest BCUT2D eigenvalue weighted by Crippen LogP contribution is 2.42. The summed E-state index contributed by atoms with van der Waals surface area (Å²) in [6.45, 7) is 1.21. The second-order valence-corrected chi connectivity index (χ2v) is 13.1. The Morgan fingerprint density at radius 3 is 1.91 bits per heavy atom. The Morgan fingerprint density at radius 1 is 0.717 bits per heavy atom. The molecule has 0 heterocycles. The fourth-order valence-corrected chi connectivity index (χ4v) is 5.65. The lowest BCUT2D eigenvalue weighted by Crippen LogP contribution is -2.55. The van der Waals surface area contributed by atoms with E-state index in [4.69, 9.17) is 23.8 Å². The van der Waals surface area contributed by atoms with Crippen molar-refractivity contribution < 1.29 is 47.8 Å². The average Bonchev–Trinajstić information content (AvgIpc) is 3.98. The summed E-state index contributed by atoms with van der Waals surface area (Å²) in [5.41, 5.74) is 4.28. The molecular formula is C39H56N4O10. The van der Waals surface area contributed by atoms with E-state index in [0.29, 0.717) is 52.0 Å². The van der Waals surface area contributed by atoms with E-state index in [2.05, 4.69) is 40.4 Å². The Hall–Kier alpha value is -4.37. The van der Waals surface area contributed by atoms with Gasteiger partial charge in [-0.1, -0.05) is 54.6 Å². The lowest BCUT2D eigenvalue weighted by Gasteiger charge is -2.30. The topological polar surface area (TPSA) is 171 Å². The Kier molecular flexibility index (Phi) is 19.5. The number of likely N-dealkylation sites (N-methyl/N-ethyl adjacent to an activating group) is 1. The highest BCUT2D eigenvalue weighted by molar-refractivity contribution is 5.94. The Bertz CT molecular complexity index is 1420. The number of unbranched alkanes of at least 4 members (excludes halogenated alkanes) is 2. The van der Waals surface area contributed by atoms with Crippen molar-refractivity contribution in [1.29, 1.82) is 0 Å². The number of benzene rings is 2. The molecule has 0 spiro atoms. The first-order chi connectivity index (χ1) is 25.7.